The zero-order valence-corrected chi connectivity index (χ0v) is 21.1. The summed E-state index contributed by atoms with van der Waals surface area (Å²) >= 11 is 14.2. The van der Waals surface area contributed by atoms with E-state index >= 15 is 0 Å². The Morgan fingerprint density at radius 3 is 2.47 bits per heavy atom. The summed E-state index contributed by atoms with van der Waals surface area (Å²) < 4.78 is 20.2. The molecule has 1 N–H and O–H groups in total. The summed E-state index contributed by atoms with van der Waals surface area (Å²) in [5.74, 6) is 0.692. The second-order valence-corrected chi connectivity index (χ2v) is 10.3. The molecule has 1 aliphatic heterocycles. The van der Waals surface area contributed by atoms with Crippen LogP contribution in [0.3, 0.4) is 0 Å². The predicted octanol–water partition coefficient (Wildman–Crippen LogP) is 6.11. The van der Waals surface area contributed by atoms with E-state index in [1.54, 1.807) is 42.7 Å². The van der Waals surface area contributed by atoms with E-state index in [1.165, 1.54) is 28.0 Å². The van der Waals surface area contributed by atoms with Crippen LogP contribution in [0.2, 0.25) is 10.0 Å². The number of furan rings is 1. The minimum Gasteiger partial charge on any atom is -0.492 e. The molecule has 0 radical (unpaired) electrons. The highest BCUT2D eigenvalue weighted by Crippen LogP contribution is 2.43. The summed E-state index contributed by atoms with van der Waals surface area (Å²) in [7, 11) is 0. The second kappa shape index (κ2) is 9.40. The van der Waals surface area contributed by atoms with Gasteiger partial charge in [-0.2, -0.15) is 9.50 Å². The van der Waals surface area contributed by atoms with Crippen LogP contribution < -0.4 is 4.90 Å². The first kappa shape index (κ1) is 23.3. The molecular weight excluding hydrogens is 524 g/mol. The normalized spacial score (nSPS) is 15.6. The lowest BCUT2D eigenvalue weighted by molar-refractivity contribution is 0.211. The van der Waals surface area contributed by atoms with Crippen molar-refractivity contribution in [3.63, 3.8) is 0 Å². The Kier molecular flexibility index (Phi) is 6.08. The monoisotopic (exact) mass is 543 g/mol. The van der Waals surface area contributed by atoms with Crippen molar-refractivity contribution in [3.8, 4) is 17.5 Å². The average Bonchev–Trinajstić information content (AvgIpc) is 3.61. The smallest absolute Gasteiger partial charge is 0.230 e. The van der Waals surface area contributed by atoms with Gasteiger partial charge in [0, 0.05) is 41.9 Å². The lowest BCUT2D eigenvalue weighted by Gasteiger charge is -2.40. The van der Waals surface area contributed by atoms with Gasteiger partial charge in [-0.1, -0.05) is 40.6 Å². The number of thiazole rings is 1. The fourth-order valence-electron chi connectivity index (χ4n) is 4.56. The molecule has 0 saturated carbocycles. The largest absolute Gasteiger partial charge is 0.492 e. The molecule has 1 fully saturated rings. The van der Waals surface area contributed by atoms with Gasteiger partial charge in [0.05, 0.1) is 17.2 Å². The lowest BCUT2D eigenvalue weighted by Crippen LogP contribution is -2.47. The fourth-order valence-corrected chi connectivity index (χ4v) is 6.18. The highest BCUT2D eigenvalue weighted by molar-refractivity contribution is 7.17. The van der Waals surface area contributed by atoms with Gasteiger partial charge < -0.3 is 14.4 Å². The molecule has 11 heteroatoms. The van der Waals surface area contributed by atoms with Crippen molar-refractivity contribution in [1.82, 2.24) is 19.5 Å². The van der Waals surface area contributed by atoms with Crippen LogP contribution in [-0.4, -0.2) is 50.8 Å². The van der Waals surface area contributed by atoms with E-state index in [2.05, 4.69) is 19.9 Å². The summed E-state index contributed by atoms with van der Waals surface area (Å²) in [6.45, 7) is 2.87. The van der Waals surface area contributed by atoms with Gasteiger partial charge in [-0.25, -0.2) is 4.39 Å². The maximum Gasteiger partial charge on any atom is 0.230 e. The molecule has 0 amide bonds. The van der Waals surface area contributed by atoms with Crippen molar-refractivity contribution in [3.05, 3.63) is 87.2 Å². The summed E-state index contributed by atoms with van der Waals surface area (Å²) in [5.41, 5.74) is 1.81. The number of benzene rings is 2. The minimum atomic E-state index is -0.328. The number of halogens is 3. The van der Waals surface area contributed by atoms with Crippen LogP contribution in [-0.2, 0) is 0 Å². The molecule has 1 atom stereocenters. The Bertz CT molecular complexity index is 1510. The third-order valence-corrected chi connectivity index (χ3v) is 7.95. The van der Waals surface area contributed by atoms with E-state index in [-0.39, 0.29) is 17.7 Å². The molecule has 1 saturated heterocycles. The van der Waals surface area contributed by atoms with E-state index in [0.29, 0.717) is 44.6 Å². The van der Waals surface area contributed by atoms with Gasteiger partial charge in [0.2, 0.25) is 16.7 Å². The van der Waals surface area contributed by atoms with Gasteiger partial charge in [0.25, 0.3) is 0 Å². The molecule has 4 heterocycles. The Labute approximate surface area is 219 Å². The summed E-state index contributed by atoms with van der Waals surface area (Å²) in [5, 5.41) is 16.8. The Hall–Kier alpha value is -3.11. The van der Waals surface area contributed by atoms with Crippen LogP contribution in [0.4, 0.5) is 10.1 Å². The van der Waals surface area contributed by atoms with Crippen molar-refractivity contribution < 1.29 is 13.9 Å². The van der Waals surface area contributed by atoms with E-state index in [1.807, 2.05) is 6.07 Å². The maximum absolute atomic E-state index is 13.4. The first-order chi connectivity index (χ1) is 17.5. The molecule has 3 aromatic heterocycles. The highest BCUT2D eigenvalue weighted by Gasteiger charge is 2.33. The van der Waals surface area contributed by atoms with Crippen molar-refractivity contribution in [2.75, 3.05) is 31.1 Å². The minimum absolute atomic E-state index is 0.0114. The average molecular weight is 544 g/mol. The fraction of sp³-hybridized carbons (Fsp3) is 0.200. The molecule has 184 valence electrons. The van der Waals surface area contributed by atoms with E-state index in [9.17, 15) is 9.50 Å². The number of aromatic nitrogens is 3. The van der Waals surface area contributed by atoms with Crippen molar-refractivity contribution >= 4 is 45.2 Å². The molecule has 1 aliphatic rings. The Morgan fingerprint density at radius 2 is 1.81 bits per heavy atom. The van der Waals surface area contributed by atoms with Crippen molar-refractivity contribution in [2.45, 2.75) is 6.04 Å². The third-order valence-electron chi connectivity index (χ3n) is 6.32. The summed E-state index contributed by atoms with van der Waals surface area (Å²) in [6, 6.07) is 15.1. The number of anilines is 1. The van der Waals surface area contributed by atoms with Crippen LogP contribution in [0.15, 0.2) is 65.3 Å². The zero-order valence-electron chi connectivity index (χ0n) is 18.8. The van der Waals surface area contributed by atoms with Crippen LogP contribution in [0.25, 0.3) is 16.5 Å². The molecular formula is C25H20Cl2FN5O2S. The molecule has 0 bridgehead atoms. The van der Waals surface area contributed by atoms with E-state index in [0.717, 1.165) is 24.3 Å². The van der Waals surface area contributed by atoms with Crippen LogP contribution in [0, 0.1) is 5.82 Å². The summed E-state index contributed by atoms with van der Waals surface area (Å²) in [6.07, 6.45) is 1.56. The maximum atomic E-state index is 13.4. The quantitative estimate of drug-likeness (QED) is 0.288. The SMILES string of the molecule is Oc1c(C(c2ccc(Cl)cc2Cl)N2CCN(c3ccc(F)cc3)CC2)sc2nc(-c3ccco3)nn12. The Balaban J connectivity index is 1.35. The van der Waals surface area contributed by atoms with Crippen LogP contribution in [0.5, 0.6) is 5.88 Å². The number of hydrogen-bond acceptors (Lipinski definition) is 7. The van der Waals surface area contributed by atoms with Crippen molar-refractivity contribution in [2.24, 2.45) is 0 Å². The van der Waals surface area contributed by atoms with E-state index in [4.69, 9.17) is 27.6 Å². The topological polar surface area (TPSA) is 70.0 Å². The lowest BCUT2D eigenvalue weighted by atomic mass is 10.0. The number of piperazine rings is 1. The predicted molar refractivity (Wildman–Crippen MR) is 139 cm³/mol. The van der Waals surface area contributed by atoms with Gasteiger partial charge in [0.1, 0.15) is 5.82 Å². The van der Waals surface area contributed by atoms with Gasteiger partial charge in [0.15, 0.2) is 5.76 Å². The van der Waals surface area contributed by atoms with Gasteiger partial charge in [-0.05, 0) is 54.1 Å². The molecule has 5 aromatic rings. The molecule has 6 rings (SSSR count). The molecule has 1 unspecified atom stereocenters. The number of fused-ring (bicyclic) bond motifs is 1. The molecule has 0 aliphatic carbocycles. The highest BCUT2D eigenvalue weighted by atomic mass is 35.5. The number of aromatic hydroxyl groups is 1. The van der Waals surface area contributed by atoms with Gasteiger partial charge >= 0.3 is 0 Å². The van der Waals surface area contributed by atoms with Crippen LogP contribution in [0.1, 0.15) is 16.5 Å². The second-order valence-electron chi connectivity index (χ2n) is 8.46. The van der Waals surface area contributed by atoms with Crippen LogP contribution >= 0.6 is 34.5 Å². The molecule has 2 aromatic carbocycles. The standard InChI is InChI=1S/C25H20Cl2FN5O2S/c26-15-3-8-18(19(27)14-15)21(32-11-9-31(10-12-32)17-6-4-16(28)5-7-17)22-24(34)33-25(36-22)29-23(30-33)20-2-1-13-35-20/h1-8,13-14,21,34H,9-12H2. The van der Waals surface area contributed by atoms with Gasteiger partial charge in [-0.3, -0.25) is 4.90 Å². The molecule has 7 nitrogen and oxygen atoms in total. The Morgan fingerprint density at radius 1 is 1.03 bits per heavy atom. The first-order valence-corrected chi connectivity index (χ1v) is 12.9. The summed E-state index contributed by atoms with van der Waals surface area (Å²) in [4.78, 5) is 10.3. The number of hydrogen-bond donors (Lipinski definition) is 1. The van der Waals surface area contributed by atoms with E-state index < -0.39 is 0 Å². The van der Waals surface area contributed by atoms with Gasteiger partial charge in [-0.15, -0.1) is 5.10 Å². The molecule has 36 heavy (non-hydrogen) atoms. The van der Waals surface area contributed by atoms with Crippen molar-refractivity contribution in [1.29, 1.82) is 0 Å². The zero-order chi connectivity index (χ0) is 24.8. The third kappa shape index (κ3) is 4.22. The first-order valence-electron chi connectivity index (χ1n) is 11.3. The number of rotatable bonds is 5. The molecule has 0 spiro atoms. The number of nitrogens with zero attached hydrogens (tertiary/aromatic N) is 5.